The van der Waals surface area contributed by atoms with E-state index >= 15 is 0 Å². The summed E-state index contributed by atoms with van der Waals surface area (Å²) in [6.45, 7) is 3.64. The highest BCUT2D eigenvalue weighted by atomic mass is 16.5. The number of carboxylic acids is 1. The smallest absolute Gasteiger partial charge is 0.341 e. The van der Waals surface area contributed by atoms with E-state index in [9.17, 15) is 9.59 Å². The predicted molar refractivity (Wildman–Crippen MR) is 104 cm³/mol. The molecular formula is C21H26N2O4. The minimum Gasteiger partial charge on any atom is -0.482 e. The first-order valence-corrected chi connectivity index (χ1v) is 9.40. The van der Waals surface area contributed by atoms with Crippen molar-refractivity contribution in [1.29, 1.82) is 0 Å². The average Bonchev–Trinajstić information content (AvgIpc) is 2.95. The molecule has 0 saturated heterocycles. The van der Waals surface area contributed by atoms with Crippen LogP contribution in [0.4, 0.5) is 5.69 Å². The molecule has 2 N–H and O–H groups in total. The van der Waals surface area contributed by atoms with E-state index in [0.29, 0.717) is 23.0 Å². The van der Waals surface area contributed by atoms with E-state index in [2.05, 4.69) is 16.8 Å². The van der Waals surface area contributed by atoms with Gasteiger partial charge >= 0.3 is 5.97 Å². The molecule has 3 rings (SSSR count). The highest BCUT2D eigenvalue weighted by molar-refractivity contribution is 6.05. The number of amides is 1. The molecule has 1 aliphatic carbocycles. The summed E-state index contributed by atoms with van der Waals surface area (Å²) < 4.78 is 7.47. The lowest BCUT2D eigenvalue weighted by Gasteiger charge is -2.26. The van der Waals surface area contributed by atoms with Gasteiger partial charge < -0.3 is 19.7 Å². The number of aryl methyl sites for hydroxylation is 1. The van der Waals surface area contributed by atoms with Crippen molar-refractivity contribution in [2.75, 3.05) is 11.9 Å². The van der Waals surface area contributed by atoms with E-state index < -0.39 is 12.6 Å². The summed E-state index contributed by atoms with van der Waals surface area (Å²) in [5.41, 5.74) is 3.36. The normalized spacial score (nSPS) is 14.7. The van der Waals surface area contributed by atoms with Gasteiger partial charge in [-0.15, -0.1) is 0 Å². The van der Waals surface area contributed by atoms with E-state index in [1.807, 2.05) is 13.0 Å². The van der Waals surface area contributed by atoms with Gasteiger partial charge in [-0.1, -0.05) is 25.3 Å². The van der Waals surface area contributed by atoms with Crippen LogP contribution in [-0.4, -0.2) is 28.2 Å². The number of carbonyl (C=O) groups is 2. The summed E-state index contributed by atoms with van der Waals surface area (Å²) in [5.74, 6) is -0.803. The second kappa shape index (κ2) is 8.29. The summed E-state index contributed by atoms with van der Waals surface area (Å²) in [7, 11) is 0. The fourth-order valence-corrected chi connectivity index (χ4v) is 3.92. The maximum Gasteiger partial charge on any atom is 0.341 e. The molecule has 1 aromatic carbocycles. The van der Waals surface area contributed by atoms with Crippen LogP contribution in [0.3, 0.4) is 0 Å². The number of aliphatic carboxylic acids is 1. The van der Waals surface area contributed by atoms with Crippen LogP contribution in [0.15, 0.2) is 30.3 Å². The monoisotopic (exact) mass is 370 g/mol. The van der Waals surface area contributed by atoms with Crippen molar-refractivity contribution >= 4 is 17.6 Å². The Morgan fingerprint density at radius 1 is 1.19 bits per heavy atom. The molecule has 6 nitrogen and oxygen atoms in total. The molecule has 1 saturated carbocycles. The number of benzene rings is 1. The number of rotatable bonds is 6. The predicted octanol–water partition coefficient (Wildman–Crippen LogP) is 4.33. The van der Waals surface area contributed by atoms with Crippen LogP contribution in [0, 0.1) is 13.8 Å². The van der Waals surface area contributed by atoms with Crippen LogP contribution in [0.1, 0.15) is 59.9 Å². The molecule has 144 valence electrons. The summed E-state index contributed by atoms with van der Waals surface area (Å²) >= 11 is 0. The molecule has 6 heteroatoms. The average molecular weight is 370 g/mol. The van der Waals surface area contributed by atoms with Gasteiger partial charge in [-0.25, -0.2) is 4.79 Å². The van der Waals surface area contributed by atoms with Crippen LogP contribution in [-0.2, 0) is 4.79 Å². The van der Waals surface area contributed by atoms with Crippen LogP contribution < -0.4 is 10.1 Å². The van der Waals surface area contributed by atoms with Gasteiger partial charge in [0.15, 0.2) is 6.61 Å². The van der Waals surface area contributed by atoms with Crippen molar-refractivity contribution in [1.82, 2.24) is 4.57 Å². The van der Waals surface area contributed by atoms with Gasteiger partial charge in [0.2, 0.25) is 0 Å². The van der Waals surface area contributed by atoms with Crippen molar-refractivity contribution in [2.45, 2.75) is 52.0 Å². The Bertz CT molecular complexity index is 835. The van der Waals surface area contributed by atoms with E-state index in [-0.39, 0.29) is 5.91 Å². The molecule has 1 amide bonds. The lowest BCUT2D eigenvalue weighted by atomic mass is 9.95. The van der Waals surface area contributed by atoms with Crippen molar-refractivity contribution in [3.05, 3.63) is 47.3 Å². The van der Waals surface area contributed by atoms with Gasteiger partial charge in [-0.3, -0.25) is 4.79 Å². The van der Waals surface area contributed by atoms with Crippen LogP contribution in [0.5, 0.6) is 5.75 Å². The quantitative estimate of drug-likeness (QED) is 0.793. The highest BCUT2D eigenvalue weighted by Crippen LogP contribution is 2.32. The Balaban J connectivity index is 1.75. The standard InChI is InChI=1S/C21H26N2O4/c1-14-11-19(15(2)23(14)17-8-4-3-5-9-17)21(26)22-16-7-6-10-18(12-16)27-13-20(24)25/h6-7,10-12,17H,3-5,8-9,13H2,1-2H3,(H,22,26)(H,24,25). The van der Waals surface area contributed by atoms with Gasteiger partial charge in [0.25, 0.3) is 5.91 Å². The number of nitrogens with one attached hydrogen (secondary N) is 1. The van der Waals surface area contributed by atoms with E-state index in [4.69, 9.17) is 9.84 Å². The number of hydrogen-bond donors (Lipinski definition) is 2. The molecule has 0 bridgehead atoms. The molecule has 1 heterocycles. The van der Waals surface area contributed by atoms with Crippen molar-refractivity contribution in [3.63, 3.8) is 0 Å². The molecule has 1 fully saturated rings. The largest absolute Gasteiger partial charge is 0.482 e. The molecule has 0 aliphatic heterocycles. The molecule has 0 radical (unpaired) electrons. The molecule has 1 aliphatic rings. The first-order chi connectivity index (χ1) is 13.0. The number of carbonyl (C=O) groups excluding carboxylic acids is 1. The van der Waals surface area contributed by atoms with Crippen LogP contribution >= 0.6 is 0 Å². The number of aromatic nitrogens is 1. The zero-order chi connectivity index (χ0) is 19.4. The highest BCUT2D eigenvalue weighted by Gasteiger charge is 2.22. The number of anilines is 1. The molecule has 1 aromatic heterocycles. The van der Waals surface area contributed by atoms with Gasteiger partial charge in [0.05, 0.1) is 5.56 Å². The summed E-state index contributed by atoms with van der Waals surface area (Å²) in [5, 5.41) is 11.6. The van der Waals surface area contributed by atoms with Crippen LogP contribution in [0.25, 0.3) is 0 Å². The summed E-state index contributed by atoms with van der Waals surface area (Å²) in [6.07, 6.45) is 6.11. The van der Waals surface area contributed by atoms with Gasteiger partial charge in [0, 0.05) is 29.2 Å². The Hall–Kier alpha value is -2.76. The third-order valence-electron chi connectivity index (χ3n) is 5.12. The molecule has 27 heavy (non-hydrogen) atoms. The van der Waals surface area contributed by atoms with Gasteiger partial charge in [-0.2, -0.15) is 0 Å². The lowest BCUT2D eigenvalue weighted by molar-refractivity contribution is -0.139. The van der Waals surface area contributed by atoms with E-state index in [0.717, 1.165) is 11.4 Å². The van der Waals surface area contributed by atoms with Crippen molar-refractivity contribution in [2.24, 2.45) is 0 Å². The van der Waals surface area contributed by atoms with E-state index in [1.165, 1.54) is 32.1 Å². The van der Waals surface area contributed by atoms with Gasteiger partial charge in [-0.05, 0) is 44.9 Å². The minimum absolute atomic E-state index is 0.166. The first-order valence-electron chi connectivity index (χ1n) is 9.40. The second-order valence-electron chi connectivity index (χ2n) is 7.11. The third-order valence-corrected chi connectivity index (χ3v) is 5.12. The maximum atomic E-state index is 12.8. The maximum absolute atomic E-state index is 12.8. The Morgan fingerprint density at radius 3 is 2.63 bits per heavy atom. The fraction of sp³-hybridized carbons (Fsp3) is 0.429. The lowest BCUT2D eigenvalue weighted by Crippen LogP contribution is -2.17. The third kappa shape index (κ3) is 4.51. The zero-order valence-electron chi connectivity index (χ0n) is 15.8. The SMILES string of the molecule is Cc1cc(C(=O)Nc2cccc(OCC(=O)O)c2)c(C)n1C1CCCCC1. The zero-order valence-corrected chi connectivity index (χ0v) is 15.8. The van der Waals surface area contributed by atoms with Crippen LogP contribution in [0.2, 0.25) is 0 Å². The second-order valence-corrected chi connectivity index (χ2v) is 7.11. The van der Waals surface area contributed by atoms with Gasteiger partial charge in [0.1, 0.15) is 5.75 Å². The molecule has 0 spiro atoms. The van der Waals surface area contributed by atoms with E-state index in [1.54, 1.807) is 24.3 Å². The molecule has 0 atom stereocenters. The Labute approximate surface area is 159 Å². The number of nitrogens with zero attached hydrogens (tertiary/aromatic N) is 1. The first kappa shape index (κ1) is 19.0. The fourth-order valence-electron chi connectivity index (χ4n) is 3.92. The van der Waals surface area contributed by atoms with Crippen molar-refractivity contribution < 1.29 is 19.4 Å². The number of ether oxygens (including phenoxy) is 1. The summed E-state index contributed by atoms with van der Waals surface area (Å²) in [4.78, 5) is 23.4. The summed E-state index contributed by atoms with van der Waals surface area (Å²) in [6, 6.07) is 9.19. The number of carboxylic acid groups (broad SMARTS) is 1. The minimum atomic E-state index is -1.04. The Kier molecular flexibility index (Phi) is 5.84. The van der Waals surface area contributed by atoms with Crippen molar-refractivity contribution in [3.8, 4) is 5.75 Å². The molecule has 0 unspecified atom stereocenters. The molecule has 2 aromatic rings. The molecular weight excluding hydrogens is 344 g/mol. The topological polar surface area (TPSA) is 80.6 Å². The Morgan fingerprint density at radius 2 is 1.93 bits per heavy atom. The number of hydrogen-bond acceptors (Lipinski definition) is 3.